The molecular weight excluding hydrogens is 256 g/mol. The zero-order valence-electron chi connectivity index (χ0n) is 12.3. The second-order valence-corrected chi connectivity index (χ2v) is 4.66. The van der Waals surface area contributed by atoms with E-state index in [4.69, 9.17) is 10.5 Å². The van der Waals surface area contributed by atoms with Crippen LogP contribution in [0.15, 0.2) is 6.33 Å². The fourth-order valence-corrected chi connectivity index (χ4v) is 2.42. The molecule has 0 unspecified atom stereocenters. The van der Waals surface area contributed by atoms with Crippen molar-refractivity contribution in [3.05, 3.63) is 6.33 Å². The molecule has 7 nitrogen and oxygen atoms in total. The molecule has 0 amide bonds. The standard InChI is InChI=1S/C13H22N6O/c1-4-9(5-2)19(6-7-20-3)12-10-11(16-8-15-10)17-13(14)18-12/h8-9H,4-7H2,1-3H3,(H3,14,15,16,17,18). The minimum Gasteiger partial charge on any atom is -0.383 e. The number of nitrogens with two attached hydrogens (primary N) is 1. The lowest BCUT2D eigenvalue weighted by atomic mass is 10.1. The van der Waals surface area contributed by atoms with Crippen molar-refractivity contribution in [3.63, 3.8) is 0 Å². The van der Waals surface area contributed by atoms with Gasteiger partial charge in [0.2, 0.25) is 5.95 Å². The van der Waals surface area contributed by atoms with Crippen LogP contribution in [0.1, 0.15) is 26.7 Å². The van der Waals surface area contributed by atoms with Crippen molar-refractivity contribution < 1.29 is 4.74 Å². The van der Waals surface area contributed by atoms with E-state index in [1.165, 1.54) is 0 Å². The van der Waals surface area contributed by atoms with Crippen LogP contribution < -0.4 is 10.6 Å². The summed E-state index contributed by atoms with van der Waals surface area (Å²) >= 11 is 0. The predicted octanol–water partition coefficient (Wildman–Crippen LogP) is 1.58. The van der Waals surface area contributed by atoms with Crippen LogP contribution in [0.4, 0.5) is 11.8 Å². The molecule has 2 rings (SSSR count). The first-order valence-corrected chi connectivity index (χ1v) is 6.93. The van der Waals surface area contributed by atoms with Crippen LogP contribution in [0.2, 0.25) is 0 Å². The summed E-state index contributed by atoms with van der Waals surface area (Å²) < 4.78 is 5.21. The summed E-state index contributed by atoms with van der Waals surface area (Å²) in [6.07, 6.45) is 3.67. The lowest BCUT2D eigenvalue weighted by Gasteiger charge is -2.31. The Bertz CT molecular complexity index is 551. The fourth-order valence-electron chi connectivity index (χ4n) is 2.42. The van der Waals surface area contributed by atoms with Crippen molar-refractivity contribution in [3.8, 4) is 0 Å². The van der Waals surface area contributed by atoms with Crippen molar-refractivity contribution in [2.75, 3.05) is 30.9 Å². The number of ether oxygens (including phenoxy) is 1. The van der Waals surface area contributed by atoms with Gasteiger partial charge in [-0.15, -0.1) is 0 Å². The number of nitrogens with one attached hydrogen (secondary N) is 1. The smallest absolute Gasteiger partial charge is 0.224 e. The molecule has 0 fully saturated rings. The average Bonchev–Trinajstić information content (AvgIpc) is 2.90. The molecule has 0 saturated carbocycles. The van der Waals surface area contributed by atoms with E-state index >= 15 is 0 Å². The third kappa shape index (κ3) is 2.82. The largest absolute Gasteiger partial charge is 0.383 e. The highest BCUT2D eigenvalue weighted by Crippen LogP contribution is 2.25. The van der Waals surface area contributed by atoms with Crippen LogP contribution in [-0.2, 0) is 4.74 Å². The quantitative estimate of drug-likeness (QED) is 0.798. The molecule has 7 heteroatoms. The molecule has 0 bridgehead atoms. The van der Waals surface area contributed by atoms with Crippen LogP contribution in [0.5, 0.6) is 0 Å². The summed E-state index contributed by atoms with van der Waals surface area (Å²) in [4.78, 5) is 18.0. The number of methoxy groups -OCH3 is 1. The molecule has 3 N–H and O–H groups in total. The summed E-state index contributed by atoms with van der Waals surface area (Å²) in [7, 11) is 1.70. The molecule has 0 aliphatic rings. The number of fused-ring (bicyclic) bond motifs is 1. The number of aromatic amines is 1. The maximum atomic E-state index is 5.80. The van der Waals surface area contributed by atoms with E-state index in [-0.39, 0.29) is 5.95 Å². The molecule has 0 saturated heterocycles. The minimum absolute atomic E-state index is 0.243. The monoisotopic (exact) mass is 278 g/mol. The van der Waals surface area contributed by atoms with E-state index in [1.807, 2.05) is 0 Å². The summed E-state index contributed by atoms with van der Waals surface area (Å²) in [6.45, 7) is 5.73. The van der Waals surface area contributed by atoms with E-state index in [0.29, 0.717) is 18.3 Å². The second kappa shape index (κ2) is 6.51. The molecule has 0 aliphatic heterocycles. The van der Waals surface area contributed by atoms with Crippen LogP contribution in [-0.4, -0.2) is 46.2 Å². The second-order valence-electron chi connectivity index (χ2n) is 4.66. The minimum atomic E-state index is 0.243. The highest BCUT2D eigenvalue weighted by molar-refractivity contribution is 5.84. The number of rotatable bonds is 7. The van der Waals surface area contributed by atoms with Crippen molar-refractivity contribution in [1.82, 2.24) is 19.9 Å². The predicted molar refractivity (Wildman–Crippen MR) is 79.7 cm³/mol. The van der Waals surface area contributed by atoms with Crippen LogP contribution in [0.25, 0.3) is 11.2 Å². The lowest BCUT2D eigenvalue weighted by molar-refractivity contribution is 0.202. The maximum Gasteiger partial charge on any atom is 0.224 e. The van der Waals surface area contributed by atoms with Gasteiger partial charge in [-0.1, -0.05) is 13.8 Å². The zero-order chi connectivity index (χ0) is 14.5. The number of nitrogen functional groups attached to an aromatic ring is 1. The molecule has 2 aromatic heterocycles. The zero-order valence-corrected chi connectivity index (χ0v) is 12.3. The number of hydrogen-bond acceptors (Lipinski definition) is 6. The molecule has 0 spiro atoms. The summed E-state index contributed by atoms with van der Waals surface area (Å²) in [6, 6.07) is 0.381. The number of aromatic nitrogens is 4. The number of anilines is 2. The Morgan fingerprint density at radius 1 is 1.35 bits per heavy atom. The number of hydrogen-bond donors (Lipinski definition) is 2. The maximum absolute atomic E-state index is 5.80. The molecule has 2 heterocycles. The lowest BCUT2D eigenvalue weighted by Crippen LogP contribution is -2.38. The van der Waals surface area contributed by atoms with Gasteiger partial charge in [0.1, 0.15) is 5.52 Å². The van der Waals surface area contributed by atoms with Gasteiger partial charge in [0.15, 0.2) is 11.5 Å². The molecule has 0 atom stereocenters. The molecular formula is C13H22N6O. The SMILES string of the molecule is CCC(CC)N(CCOC)c1nc(N)nc2nc[nH]c12. The molecule has 2 aromatic rings. The number of imidazole rings is 1. The fraction of sp³-hybridized carbons (Fsp3) is 0.615. The first-order chi connectivity index (χ1) is 9.71. The number of H-pyrrole nitrogens is 1. The van der Waals surface area contributed by atoms with Crippen molar-refractivity contribution in [2.24, 2.45) is 0 Å². The van der Waals surface area contributed by atoms with Crippen molar-refractivity contribution >= 4 is 22.9 Å². The Hall–Kier alpha value is -1.89. The Morgan fingerprint density at radius 2 is 2.10 bits per heavy atom. The van der Waals surface area contributed by atoms with Gasteiger partial charge in [-0.05, 0) is 12.8 Å². The topological polar surface area (TPSA) is 92.9 Å². The van der Waals surface area contributed by atoms with Gasteiger partial charge in [0.25, 0.3) is 0 Å². The average molecular weight is 278 g/mol. The molecule has 0 radical (unpaired) electrons. The molecule has 0 aliphatic carbocycles. The van der Waals surface area contributed by atoms with E-state index in [2.05, 4.69) is 38.7 Å². The Kier molecular flexibility index (Phi) is 4.73. The molecule has 110 valence electrons. The summed E-state index contributed by atoms with van der Waals surface area (Å²) in [5, 5.41) is 0. The summed E-state index contributed by atoms with van der Waals surface area (Å²) in [5.41, 5.74) is 7.22. The van der Waals surface area contributed by atoms with Crippen LogP contribution in [0.3, 0.4) is 0 Å². The normalized spacial score (nSPS) is 11.4. The van der Waals surface area contributed by atoms with Gasteiger partial charge in [-0.25, -0.2) is 4.98 Å². The van der Waals surface area contributed by atoms with E-state index in [0.717, 1.165) is 30.7 Å². The van der Waals surface area contributed by atoms with E-state index in [1.54, 1.807) is 13.4 Å². The van der Waals surface area contributed by atoms with Gasteiger partial charge >= 0.3 is 0 Å². The van der Waals surface area contributed by atoms with Crippen molar-refractivity contribution in [2.45, 2.75) is 32.7 Å². The van der Waals surface area contributed by atoms with Gasteiger partial charge in [-0.2, -0.15) is 9.97 Å². The Balaban J connectivity index is 2.46. The molecule has 20 heavy (non-hydrogen) atoms. The number of nitrogens with zero attached hydrogens (tertiary/aromatic N) is 4. The highest BCUT2D eigenvalue weighted by atomic mass is 16.5. The van der Waals surface area contributed by atoms with Gasteiger partial charge in [0.05, 0.1) is 12.9 Å². The third-order valence-electron chi connectivity index (χ3n) is 3.48. The first-order valence-electron chi connectivity index (χ1n) is 6.93. The third-order valence-corrected chi connectivity index (χ3v) is 3.48. The Morgan fingerprint density at radius 3 is 2.75 bits per heavy atom. The van der Waals surface area contributed by atoms with Crippen LogP contribution >= 0.6 is 0 Å². The van der Waals surface area contributed by atoms with Gasteiger partial charge < -0.3 is 20.4 Å². The highest BCUT2D eigenvalue weighted by Gasteiger charge is 2.21. The molecule has 0 aromatic carbocycles. The van der Waals surface area contributed by atoms with E-state index < -0.39 is 0 Å². The van der Waals surface area contributed by atoms with E-state index in [9.17, 15) is 0 Å². The summed E-state index contributed by atoms with van der Waals surface area (Å²) in [5.74, 6) is 1.05. The Labute approximate surface area is 118 Å². The first kappa shape index (κ1) is 14.5. The van der Waals surface area contributed by atoms with Gasteiger partial charge in [0, 0.05) is 19.7 Å². The van der Waals surface area contributed by atoms with Crippen LogP contribution in [0, 0.1) is 0 Å². The van der Waals surface area contributed by atoms with Gasteiger partial charge in [-0.3, -0.25) is 0 Å². The van der Waals surface area contributed by atoms with Crippen molar-refractivity contribution in [1.29, 1.82) is 0 Å².